The Morgan fingerprint density at radius 1 is 0.966 bits per heavy atom. The van der Waals surface area contributed by atoms with E-state index in [9.17, 15) is 21.6 Å². The molecular formula is C19H29N3O5S2. The summed E-state index contributed by atoms with van der Waals surface area (Å²) in [6.07, 6.45) is 1.33. The molecule has 0 aliphatic carbocycles. The van der Waals surface area contributed by atoms with E-state index in [0.717, 1.165) is 5.56 Å². The van der Waals surface area contributed by atoms with Crippen LogP contribution in [0, 0.1) is 12.8 Å². The lowest BCUT2D eigenvalue weighted by Gasteiger charge is -2.38. The first-order chi connectivity index (χ1) is 13.6. The van der Waals surface area contributed by atoms with Gasteiger partial charge in [0.25, 0.3) is 0 Å². The van der Waals surface area contributed by atoms with Gasteiger partial charge in [-0.05, 0) is 38.8 Å². The molecule has 2 heterocycles. The zero-order chi connectivity index (χ0) is 21.2. The third-order valence-electron chi connectivity index (χ3n) is 5.70. The predicted octanol–water partition coefficient (Wildman–Crippen LogP) is 0.890. The number of hydrogen-bond donors (Lipinski definition) is 0. The quantitative estimate of drug-likeness (QED) is 0.674. The third-order valence-corrected chi connectivity index (χ3v) is 9.46. The lowest BCUT2D eigenvalue weighted by molar-refractivity contribution is -0.137. The highest BCUT2D eigenvalue weighted by Crippen LogP contribution is 2.23. The number of carbonyl (C=O) groups excluding carboxylic acids is 1. The van der Waals surface area contributed by atoms with Crippen LogP contribution in [0.1, 0.15) is 25.3 Å². The standard InChI is InChI=1S/C19H29N3O5S2/c1-3-28(24,25)22-10-4-5-17(15-22)19(23)20-11-13-21(14-12-20)29(26,27)18-8-6-16(2)7-9-18/h6-9,17H,3-5,10-15H2,1-2H3/t17-/m1/s1. The Morgan fingerprint density at radius 2 is 1.59 bits per heavy atom. The van der Waals surface area contributed by atoms with Crippen LogP contribution in [0.4, 0.5) is 0 Å². The molecule has 2 saturated heterocycles. The molecule has 0 unspecified atom stereocenters. The SMILES string of the molecule is CCS(=O)(=O)N1CCC[C@@H](C(=O)N2CCN(S(=O)(=O)c3ccc(C)cc3)CC2)C1. The minimum Gasteiger partial charge on any atom is -0.340 e. The number of benzene rings is 1. The fraction of sp³-hybridized carbons (Fsp3) is 0.632. The van der Waals surface area contributed by atoms with Crippen molar-refractivity contribution in [3.05, 3.63) is 29.8 Å². The van der Waals surface area contributed by atoms with Crippen molar-refractivity contribution in [1.29, 1.82) is 0 Å². The maximum absolute atomic E-state index is 12.9. The number of carbonyl (C=O) groups is 1. The van der Waals surface area contributed by atoms with Crippen LogP contribution < -0.4 is 0 Å². The van der Waals surface area contributed by atoms with Crippen LogP contribution in [0.25, 0.3) is 0 Å². The summed E-state index contributed by atoms with van der Waals surface area (Å²) in [6.45, 7) is 5.31. The molecule has 1 aromatic carbocycles. The number of piperidine rings is 1. The summed E-state index contributed by atoms with van der Waals surface area (Å²) in [6, 6.07) is 6.75. The van der Waals surface area contributed by atoms with Gasteiger partial charge in [0, 0.05) is 39.3 Å². The Kier molecular flexibility index (Phi) is 6.67. The molecular weight excluding hydrogens is 414 g/mol. The van der Waals surface area contributed by atoms with Gasteiger partial charge in [-0.15, -0.1) is 0 Å². The third kappa shape index (κ3) is 4.82. The normalized spacial score (nSPS) is 22.6. The van der Waals surface area contributed by atoms with E-state index in [1.54, 1.807) is 36.1 Å². The highest BCUT2D eigenvalue weighted by Gasteiger charge is 2.36. The van der Waals surface area contributed by atoms with Crippen molar-refractivity contribution in [1.82, 2.24) is 13.5 Å². The largest absolute Gasteiger partial charge is 0.340 e. The van der Waals surface area contributed by atoms with Gasteiger partial charge in [0.1, 0.15) is 0 Å². The first kappa shape index (κ1) is 22.2. The van der Waals surface area contributed by atoms with Crippen LogP contribution >= 0.6 is 0 Å². The highest BCUT2D eigenvalue weighted by molar-refractivity contribution is 7.89. The Labute approximate surface area is 173 Å². The maximum atomic E-state index is 12.9. The monoisotopic (exact) mass is 443 g/mol. The second-order valence-corrected chi connectivity index (χ2v) is 11.8. The average molecular weight is 444 g/mol. The van der Waals surface area contributed by atoms with Crippen LogP contribution in [0.3, 0.4) is 0 Å². The summed E-state index contributed by atoms with van der Waals surface area (Å²) in [4.78, 5) is 14.8. The van der Waals surface area contributed by atoms with Gasteiger partial charge < -0.3 is 4.90 Å². The predicted molar refractivity (Wildman–Crippen MR) is 110 cm³/mol. The molecule has 1 aromatic rings. The lowest BCUT2D eigenvalue weighted by atomic mass is 9.98. The van der Waals surface area contributed by atoms with E-state index in [0.29, 0.717) is 32.5 Å². The van der Waals surface area contributed by atoms with Crippen LogP contribution in [-0.2, 0) is 24.8 Å². The fourth-order valence-corrected chi connectivity index (χ4v) is 6.45. The van der Waals surface area contributed by atoms with Gasteiger partial charge in [-0.2, -0.15) is 4.31 Å². The van der Waals surface area contributed by atoms with Crippen molar-refractivity contribution in [2.24, 2.45) is 5.92 Å². The number of hydrogen-bond acceptors (Lipinski definition) is 5. The molecule has 3 rings (SSSR count). The second kappa shape index (κ2) is 8.71. The van der Waals surface area contributed by atoms with E-state index in [1.807, 2.05) is 6.92 Å². The molecule has 29 heavy (non-hydrogen) atoms. The van der Waals surface area contributed by atoms with Gasteiger partial charge in [0.05, 0.1) is 16.6 Å². The van der Waals surface area contributed by atoms with Gasteiger partial charge in [0.2, 0.25) is 26.0 Å². The van der Waals surface area contributed by atoms with E-state index >= 15 is 0 Å². The van der Waals surface area contributed by atoms with Crippen molar-refractivity contribution in [3.8, 4) is 0 Å². The fourth-order valence-electron chi connectivity index (χ4n) is 3.85. The van der Waals surface area contributed by atoms with Crippen molar-refractivity contribution in [3.63, 3.8) is 0 Å². The number of nitrogens with zero attached hydrogens (tertiary/aromatic N) is 3. The molecule has 2 aliphatic rings. The molecule has 162 valence electrons. The van der Waals surface area contributed by atoms with E-state index in [2.05, 4.69) is 0 Å². The number of sulfonamides is 2. The van der Waals surface area contributed by atoms with Gasteiger partial charge in [-0.25, -0.2) is 21.1 Å². The minimum atomic E-state index is -3.58. The molecule has 10 heteroatoms. The van der Waals surface area contributed by atoms with Crippen molar-refractivity contribution >= 4 is 26.0 Å². The van der Waals surface area contributed by atoms with Crippen LogP contribution in [0.2, 0.25) is 0 Å². The van der Waals surface area contributed by atoms with E-state index in [4.69, 9.17) is 0 Å². The topological polar surface area (TPSA) is 95.1 Å². The summed E-state index contributed by atoms with van der Waals surface area (Å²) in [5, 5.41) is 0. The van der Waals surface area contributed by atoms with Crippen molar-refractivity contribution < 1.29 is 21.6 Å². The first-order valence-electron chi connectivity index (χ1n) is 9.98. The molecule has 0 bridgehead atoms. The van der Waals surface area contributed by atoms with E-state index in [-0.39, 0.29) is 42.1 Å². The van der Waals surface area contributed by atoms with E-state index in [1.165, 1.54) is 8.61 Å². The van der Waals surface area contributed by atoms with Crippen LogP contribution in [0.15, 0.2) is 29.2 Å². The van der Waals surface area contributed by atoms with Crippen LogP contribution in [0.5, 0.6) is 0 Å². The second-order valence-electron chi connectivity index (χ2n) is 7.64. The molecule has 0 N–H and O–H groups in total. The molecule has 0 saturated carbocycles. The van der Waals surface area contributed by atoms with Gasteiger partial charge in [-0.1, -0.05) is 17.7 Å². The molecule has 1 amide bonds. The Morgan fingerprint density at radius 3 is 2.17 bits per heavy atom. The number of piperazine rings is 1. The summed E-state index contributed by atoms with van der Waals surface area (Å²) < 4.78 is 52.7. The summed E-state index contributed by atoms with van der Waals surface area (Å²) >= 11 is 0. The molecule has 1 atom stereocenters. The number of rotatable bonds is 5. The Bertz CT molecular complexity index is 937. The first-order valence-corrected chi connectivity index (χ1v) is 13.0. The summed E-state index contributed by atoms with van der Waals surface area (Å²) in [5.74, 6) is -0.401. The number of aryl methyl sites for hydroxylation is 1. The molecule has 2 aliphatic heterocycles. The average Bonchev–Trinajstić information content (AvgIpc) is 2.73. The van der Waals surface area contributed by atoms with Crippen molar-refractivity contribution in [2.45, 2.75) is 31.6 Å². The smallest absolute Gasteiger partial charge is 0.243 e. The van der Waals surface area contributed by atoms with Gasteiger partial charge >= 0.3 is 0 Å². The zero-order valence-electron chi connectivity index (χ0n) is 17.0. The molecule has 0 spiro atoms. The van der Waals surface area contributed by atoms with E-state index < -0.39 is 20.0 Å². The Balaban J connectivity index is 1.61. The van der Waals surface area contributed by atoms with Gasteiger partial charge in [0.15, 0.2) is 0 Å². The lowest BCUT2D eigenvalue weighted by Crippen LogP contribution is -2.54. The minimum absolute atomic E-state index is 0.0312. The summed E-state index contributed by atoms with van der Waals surface area (Å²) in [5.41, 5.74) is 0.992. The number of amides is 1. The van der Waals surface area contributed by atoms with Crippen LogP contribution in [-0.4, -0.2) is 81.3 Å². The maximum Gasteiger partial charge on any atom is 0.243 e. The molecule has 0 radical (unpaired) electrons. The molecule has 8 nitrogen and oxygen atoms in total. The Hall–Kier alpha value is -1.49. The van der Waals surface area contributed by atoms with Crippen molar-refractivity contribution in [2.75, 3.05) is 45.0 Å². The zero-order valence-corrected chi connectivity index (χ0v) is 18.6. The highest BCUT2D eigenvalue weighted by atomic mass is 32.2. The molecule has 2 fully saturated rings. The van der Waals surface area contributed by atoms with Gasteiger partial charge in [-0.3, -0.25) is 4.79 Å². The molecule has 0 aromatic heterocycles. The summed E-state index contributed by atoms with van der Waals surface area (Å²) in [7, 11) is -6.88.